The van der Waals surface area contributed by atoms with Gasteiger partial charge in [0, 0.05) is 19.5 Å². The van der Waals surface area contributed by atoms with Crippen LogP contribution < -0.4 is 0 Å². The Morgan fingerprint density at radius 1 is 1.07 bits per heavy atom. The molecule has 1 aliphatic heterocycles. The summed E-state index contributed by atoms with van der Waals surface area (Å²) < 4.78 is 0. The number of aliphatic hydroxyl groups excluding tert-OH is 1. The van der Waals surface area contributed by atoms with Crippen LogP contribution in [0.3, 0.4) is 0 Å². The maximum Gasteiger partial charge on any atom is 0.312 e. The number of aliphatic carboxylic acids is 1. The van der Waals surface area contributed by atoms with Crippen LogP contribution >= 0.6 is 0 Å². The van der Waals surface area contributed by atoms with E-state index < -0.39 is 17.5 Å². The first-order valence-corrected chi connectivity index (χ1v) is 9.69. The number of aryl methyl sites for hydroxylation is 2. The van der Waals surface area contributed by atoms with Gasteiger partial charge in [0.25, 0.3) is 0 Å². The monoisotopic (exact) mass is 381 g/mol. The summed E-state index contributed by atoms with van der Waals surface area (Å²) in [5.74, 6) is -1.05. The van der Waals surface area contributed by atoms with E-state index in [9.17, 15) is 19.8 Å². The Morgan fingerprint density at radius 3 is 2.36 bits per heavy atom. The van der Waals surface area contributed by atoms with Crippen molar-refractivity contribution in [1.82, 2.24) is 4.90 Å². The average molecular weight is 381 g/mol. The van der Waals surface area contributed by atoms with Gasteiger partial charge in [-0.1, -0.05) is 60.2 Å². The van der Waals surface area contributed by atoms with Gasteiger partial charge in [0.05, 0.1) is 6.10 Å². The van der Waals surface area contributed by atoms with Crippen molar-refractivity contribution in [3.05, 3.63) is 71.3 Å². The summed E-state index contributed by atoms with van der Waals surface area (Å²) >= 11 is 0. The predicted molar refractivity (Wildman–Crippen MR) is 107 cm³/mol. The van der Waals surface area contributed by atoms with Crippen molar-refractivity contribution in [3.63, 3.8) is 0 Å². The van der Waals surface area contributed by atoms with Gasteiger partial charge in [-0.15, -0.1) is 0 Å². The molecule has 1 saturated heterocycles. The molecule has 3 rings (SSSR count). The van der Waals surface area contributed by atoms with Gasteiger partial charge in [0.2, 0.25) is 5.91 Å². The standard InChI is InChI=1S/C23H27NO4/c1-17-7-9-18(10-8-17)11-12-21(26)24-14-13-23(22(27)28,20(25)16-24)15-19-5-3-2-4-6-19/h2-10,20,25H,11-16H2,1H3,(H,27,28)/t20-,23-/m1/s1. The lowest BCUT2D eigenvalue weighted by molar-refractivity contribution is -0.166. The van der Waals surface area contributed by atoms with Crippen LogP contribution in [0.2, 0.25) is 0 Å². The van der Waals surface area contributed by atoms with E-state index in [4.69, 9.17) is 0 Å². The second kappa shape index (κ2) is 8.57. The molecule has 2 aromatic rings. The zero-order valence-electron chi connectivity index (χ0n) is 16.2. The lowest BCUT2D eigenvalue weighted by Gasteiger charge is -2.43. The lowest BCUT2D eigenvalue weighted by Crippen LogP contribution is -2.57. The average Bonchev–Trinajstić information content (AvgIpc) is 2.69. The summed E-state index contributed by atoms with van der Waals surface area (Å²) in [5.41, 5.74) is 1.90. The highest BCUT2D eigenvalue weighted by molar-refractivity contribution is 5.79. The van der Waals surface area contributed by atoms with Crippen LogP contribution in [0.15, 0.2) is 54.6 Å². The minimum atomic E-state index is -1.25. The maximum atomic E-state index is 12.6. The van der Waals surface area contributed by atoms with Gasteiger partial charge in [-0.05, 0) is 37.3 Å². The van der Waals surface area contributed by atoms with E-state index in [-0.39, 0.29) is 25.3 Å². The van der Waals surface area contributed by atoms with Gasteiger partial charge < -0.3 is 15.1 Å². The largest absolute Gasteiger partial charge is 0.481 e. The molecule has 1 heterocycles. The zero-order valence-corrected chi connectivity index (χ0v) is 16.2. The molecular formula is C23H27NO4. The summed E-state index contributed by atoms with van der Waals surface area (Å²) in [6.07, 6.45) is 0.404. The first-order valence-electron chi connectivity index (χ1n) is 9.69. The van der Waals surface area contributed by atoms with Gasteiger partial charge in [0.1, 0.15) is 5.41 Å². The Hall–Kier alpha value is -2.66. The van der Waals surface area contributed by atoms with Gasteiger partial charge in [-0.25, -0.2) is 0 Å². The van der Waals surface area contributed by atoms with Crippen molar-refractivity contribution in [3.8, 4) is 0 Å². The summed E-state index contributed by atoms with van der Waals surface area (Å²) in [5, 5.41) is 20.6. The van der Waals surface area contributed by atoms with Crippen molar-refractivity contribution in [2.45, 2.75) is 38.7 Å². The number of aliphatic hydroxyl groups is 1. The zero-order chi connectivity index (χ0) is 20.1. The van der Waals surface area contributed by atoms with Crippen LogP contribution in [0.25, 0.3) is 0 Å². The first kappa shape index (κ1) is 20.1. The van der Waals surface area contributed by atoms with Crippen LogP contribution in [-0.4, -0.2) is 46.2 Å². The number of β-amino-alcohol motifs (C(OH)–C–C–N with tert-alkyl or cyclic N) is 1. The molecule has 2 aromatic carbocycles. The third kappa shape index (κ3) is 4.42. The highest BCUT2D eigenvalue weighted by Gasteiger charge is 2.49. The molecule has 0 radical (unpaired) electrons. The Balaban J connectivity index is 1.63. The number of piperidine rings is 1. The molecule has 1 fully saturated rings. The minimum Gasteiger partial charge on any atom is -0.481 e. The minimum absolute atomic E-state index is 0.0432. The Labute approximate surface area is 165 Å². The second-order valence-corrected chi connectivity index (χ2v) is 7.71. The van der Waals surface area contributed by atoms with Crippen molar-refractivity contribution < 1.29 is 19.8 Å². The van der Waals surface area contributed by atoms with Gasteiger partial charge in [-0.2, -0.15) is 0 Å². The number of carbonyl (C=O) groups excluding carboxylic acids is 1. The number of nitrogens with zero attached hydrogens (tertiary/aromatic N) is 1. The Bertz CT molecular complexity index is 818. The predicted octanol–water partition coefficient (Wildman–Crippen LogP) is 2.83. The topological polar surface area (TPSA) is 77.8 Å². The molecule has 1 aliphatic rings. The van der Waals surface area contributed by atoms with E-state index >= 15 is 0 Å². The Kier molecular flexibility index (Phi) is 6.15. The number of hydrogen-bond acceptors (Lipinski definition) is 3. The van der Waals surface area contributed by atoms with Crippen LogP contribution in [0, 0.1) is 12.3 Å². The molecule has 0 aliphatic carbocycles. The van der Waals surface area contributed by atoms with E-state index in [1.807, 2.05) is 61.5 Å². The molecular weight excluding hydrogens is 354 g/mol. The number of hydrogen-bond donors (Lipinski definition) is 2. The van der Waals surface area contributed by atoms with Gasteiger partial charge in [-0.3, -0.25) is 9.59 Å². The van der Waals surface area contributed by atoms with Crippen LogP contribution in [-0.2, 0) is 22.4 Å². The maximum absolute atomic E-state index is 12.6. The van der Waals surface area contributed by atoms with Crippen molar-refractivity contribution >= 4 is 11.9 Å². The van der Waals surface area contributed by atoms with E-state index in [0.717, 1.165) is 11.1 Å². The van der Waals surface area contributed by atoms with E-state index in [0.29, 0.717) is 19.4 Å². The molecule has 28 heavy (non-hydrogen) atoms. The molecule has 2 N–H and O–H groups in total. The molecule has 0 spiro atoms. The molecule has 5 nitrogen and oxygen atoms in total. The molecule has 0 saturated carbocycles. The fourth-order valence-electron chi connectivity index (χ4n) is 3.86. The number of carboxylic acids is 1. The summed E-state index contributed by atoms with van der Waals surface area (Å²) in [7, 11) is 0. The molecule has 0 aromatic heterocycles. The molecule has 2 atom stereocenters. The van der Waals surface area contributed by atoms with Crippen LogP contribution in [0.4, 0.5) is 0 Å². The highest BCUT2D eigenvalue weighted by Crippen LogP contribution is 2.36. The van der Waals surface area contributed by atoms with E-state index in [1.165, 1.54) is 5.56 Å². The van der Waals surface area contributed by atoms with Crippen LogP contribution in [0.5, 0.6) is 0 Å². The summed E-state index contributed by atoms with van der Waals surface area (Å²) in [6.45, 7) is 2.43. The van der Waals surface area contributed by atoms with Crippen LogP contribution in [0.1, 0.15) is 29.5 Å². The lowest BCUT2D eigenvalue weighted by atomic mass is 9.71. The van der Waals surface area contributed by atoms with E-state index in [2.05, 4.69) is 0 Å². The normalized spacial score (nSPS) is 22.1. The van der Waals surface area contributed by atoms with Crippen molar-refractivity contribution in [1.29, 1.82) is 0 Å². The van der Waals surface area contributed by atoms with Crippen molar-refractivity contribution in [2.24, 2.45) is 5.41 Å². The highest BCUT2D eigenvalue weighted by atomic mass is 16.4. The smallest absolute Gasteiger partial charge is 0.312 e. The fraction of sp³-hybridized carbons (Fsp3) is 0.391. The van der Waals surface area contributed by atoms with Gasteiger partial charge in [0.15, 0.2) is 0 Å². The fourth-order valence-corrected chi connectivity index (χ4v) is 3.86. The Morgan fingerprint density at radius 2 is 1.75 bits per heavy atom. The number of rotatable bonds is 6. The second-order valence-electron chi connectivity index (χ2n) is 7.71. The number of benzene rings is 2. The number of amides is 1. The summed E-state index contributed by atoms with van der Waals surface area (Å²) in [6, 6.07) is 17.4. The molecule has 0 bridgehead atoms. The van der Waals surface area contributed by atoms with E-state index in [1.54, 1.807) is 4.90 Å². The molecule has 1 amide bonds. The molecule has 148 valence electrons. The quantitative estimate of drug-likeness (QED) is 0.807. The third-order valence-electron chi connectivity index (χ3n) is 5.75. The summed E-state index contributed by atoms with van der Waals surface area (Å²) in [4.78, 5) is 26.2. The van der Waals surface area contributed by atoms with Crippen molar-refractivity contribution in [2.75, 3.05) is 13.1 Å². The van der Waals surface area contributed by atoms with Gasteiger partial charge >= 0.3 is 5.97 Å². The molecule has 0 unspecified atom stereocenters. The number of carbonyl (C=O) groups is 2. The first-order chi connectivity index (χ1) is 13.4. The number of likely N-dealkylation sites (tertiary alicyclic amines) is 1. The molecule has 5 heteroatoms. The SMILES string of the molecule is Cc1ccc(CCC(=O)N2CC[C@](Cc3ccccc3)(C(=O)O)[C@H](O)C2)cc1. The number of carboxylic acid groups (broad SMARTS) is 1. The third-order valence-corrected chi connectivity index (χ3v) is 5.75.